The molecule has 0 radical (unpaired) electrons. The molecule has 2 rings (SSSR count). The summed E-state index contributed by atoms with van der Waals surface area (Å²) in [6.45, 7) is 7.21. The number of hydrogen-bond donors (Lipinski definition) is 2. The lowest BCUT2D eigenvalue weighted by Crippen LogP contribution is -2.18. The standard InChI is InChI=1S/C13H24N4OS/c1-4-14-9(3)12-16-17-13(18-12)15-10-6-7-11(8-10)19-5-2/h9-11,14H,4-8H2,1-3H3,(H,15,17). The van der Waals surface area contributed by atoms with E-state index in [0.717, 1.165) is 11.8 Å². The Morgan fingerprint density at radius 3 is 2.95 bits per heavy atom. The maximum absolute atomic E-state index is 5.65. The SMILES string of the molecule is CCNC(C)c1nnc(NC2CCC(SCC)C2)o1. The van der Waals surface area contributed by atoms with Crippen LogP contribution in [0.15, 0.2) is 4.42 Å². The van der Waals surface area contributed by atoms with E-state index < -0.39 is 0 Å². The summed E-state index contributed by atoms with van der Waals surface area (Å²) in [5, 5.41) is 15.6. The third-order valence-corrected chi connectivity index (χ3v) is 4.67. The molecular weight excluding hydrogens is 260 g/mol. The van der Waals surface area contributed by atoms with Crippen molar-refractivity contribution in [2.75, 3.05) is 17.6 Å². The molecule has 0 bridgehead atoms. The fourth-order valence-corrected chi connectivity index (χ4v) is 3.64. The van der Waals surface area contributed by atoms with Crippen molar-refractivity contribution in [2.45, 2.75) is 57.4 Å². The molecule has 0 aliphatic heterocycles. The Morgan fingerprint density at radius 1 is 1.37 bits per heavy atom. The highest BCUT2D eigenvalue weighted by atomic mass is 32.2. The molecule has 0 aromatic carbocycles. The number of hydrogen-bond acceptors (Lipinski definition) is 6. The summed E-state index contributed by atoms with van der Waals surface area (Å²) in [5.41, 5.74) is 0. The summed E-state index contributed by atoms with van der Waals surface area (Å²) >= 11 is 2.05. The first-order chi connectivity index (χ1) is 9.22. The predicted molar refractivity (Wildman–Crippen MR) is 79.6 cm³/mol. The predicted octanol–water partition coefficient (Wildman–Crippen LogP) is 2.83. The van der Waals surface area contributed by atoms with Crippen LogP contribution in [-0.4, -0.2) is 33.8 Å². The number of aromatic nitrogens is 2. The van der Waals surface area contributed by atoms with Gasteiger partial charge in [-0.1, -0.05) is 18.9 Å². The second kappa shape index (κ2) is 7.14. The zero-order valence-corrected chi connectivity index (χ0v) is 12.8. The quantitative estimate of drug-likeness (QED) is 0.803. The van der Waals surface area contributed by atoms with Crippen molar-refractivity contribution in [3.05, 3.63) is 5.89 Å². The third kappa shape index (κ3) is 4.11. The van der Waals surface area contributed by atoms with Crippen LogP contribution in [0.5, 0.6) is 0 Å². The minimum Gasteiger partial charge on any atom is -0.406 e. The van der Waals surface area contributed by atoms with Crippen molar-refractivity contribution in [3.63, 3.8) is 0 Å². The average molecular weight is 284 g/mol. The first kappa shape index (κ1) is 14.7. The van der Waals surface area contributed by atoms with Gasteiger partial charge in [-0.25, -0.2) is 0 Å². The lowest BCUT2D eigenvalue weighted by Gasteiger charge is -2.11. The topological polar surface area (TPSA) is 63.0 Å². The average Bonchev–Trinajstić information content (AvgIpc) is 3.00. The van der Waals surface area contributed by atoms with Crippen LogP contribution in [-0.2, 0) is 0 Å². The molecule has 1 fully saturated rings. The first-order valence-electron chi connectivity index (χ1n) is 7.17. The van der Waals surface area contributed by atoms with Crippen LogP contribution in [0.4, 0.5) is 6.01 Å². The molecule has 0 amide bonds. The number of thioether (sulfide) groups is 1. The van der Waals surface area contributed by atoms with Gasteiger partial charge in [-0.3, -0.25) is 0 Å². The van der Waals surface area contributed by atoms with Crippen LogP contribution in [0, 0.1) is 0 Å². The highest BCUT2D eigenvalue weighted by molar-refractivity contribution is 7.99. The molecule has 0 saturated heterocycles. The van der Waals surface area contributed by atoms with Crippen LogP contribution < -0.4 is 10.6 Å². The van der Waals surface area contributed by atoms with Gasteiger partial charge < -0.3 is 15.1 Å². The molecule has 1 aliphatic rings. The summed E-state index contributed by atoms with van der Waals surface area (Å²) in [5.74, 6) is 1.85. The maximum atomic E-state index is 5.65. The van der Waals surface area contributed by atoms with Crippen molar-refractivity contribution in [2.24, 2.45) is 0 Å². The molecule has 1 aromatic rings. The van der Waals surface area contributed by atoms with Crippen LogP contribution in [0.3, 0.4) is 0 Å². The summed E-state index contributed by atoms with van der Waals surface area (Å²) in [4.78, 5) is 0. The van der Waals surface area contributed by atoms with Crippen molar-refractivity contribution in [3.8, 4) is 0 Å². The minimum atomic E-state index is 0.111. The molecule has 2 N–H and O–H groups in total. The van der Waals surface area contributed by atoms with Crippen molar-refractivity contribution in [1.29, 1.82) is 0 Å². The van der Waals surface area contributed by atoms with Crippen molar-refractivity contribution >= 4 is 17.8 Å². The molecule has 108 valence electrons. The smallest absolute Gasteiger partial charge is 0.315 e. The molecule has 19 heavy (non-hydrogen) atoms. The van der Waals surface area contributed by atoms with E-state index in [4.69, 9.17) is 4.42 Å². The Labute approximate surface area is 119 Å². The van der Waals surface area contributed by atoms with E-state index in [2.05, 4.69) is 46.4 Å². The van der Waals surface area contributed by atoms with Gasteiger partial charge in [0, 0.05) is 11.3 Å². The number of nitrogens with one attached hydrogen (secondary N) is 2. The maximum Gasteiger partial charge on any atom is 0.315 e. The highest BCUT2D eigenvalue weighted by Crippen LogP contribution is 2.31. The molecular formula is C13H24N4OS. The Balaban J connectivity index is 1.83. The molecule has 1 aromatic heterocycles. The first-order valence-corrected chi connectivity index (χ1v) is 8.22. The molecule has 1 aliphatic carbocycles. The summed E-state index contributed by atoms with van der Waals surface area (Å²) in [7, 11) is 0. The lowest BCUT2D eigenvalue weighted by atomic mass is 10.3. The second-order valence-corrected chi connectivity index (χ2v) is 6.53. The zero-order chi connectivity index (χ0) is 13.7. The van der Waals surface area contributed by atoms with Gasteiger partial charge in [0.15, 0.2) is 0 Å². The van der Waals surface area contributed by atoms with E-state index in [9.17, 15) is 0 Å². The van der Waals surface area contributed by atoms with Gasteiger partial charge in [0.05, 0.1) is 6.04 Å². The van der Waals surface area contributed by atoms with E-state index >= 15 is 0 Å². The van der Waals surface area contributed by atoms with Crippen LogP contribution in [0.1, 0.15) is 52.0 Å². The third-order valence-electron chi connectivity index (χ3n) is 3.44. The van der Waals surface area contributed by atoms with Crippen LogP contribution in [0.2, 0.25) is 0 Å². The molecule has 1 heterocycles. The van der Waals surface area contributed by atoms with Crippen molar-refractivity contribution < 1.29 is 4.42 Å². The van der Waals surface area contributed by atoms with Gasteiger partial charge in [-0.05, 0) is 38.5 Å². The van der Waals surface area contributed by atoms with Gasteiger partial charge in [-0.2, -0.15) is 11.8 Å². The molecule has 1 saturated carbocycles. The van der Waals surface area contributed by atoms with E-state index in [-0.39, 0.29) is 6.04 Å². The Kier molecular flexibility index (Phi) is 5.51. The normalized spacial score (nSPS) is 24.6. The van der Waals surface area contributed by atoms with E-state index in [1.54, 1.807) is 0 Å². The number of nitrogens with zero attached hydrogens (tertiary/aromatic N) is 2. The van der Waals surface area contributed by atoms with Crippen LogP contribution in [0.25, 0.3) is 0 Å². The van der Waals surface area contributed by atoms with Crippen molar-refractivity contribution in [1.82, 2.24) is 15.5 Å². The molecule has 0 spiro atoms. The Hall–Kier alpha value is -0.750. The van der Waals surface area contributed by atoms with Gasteiger partial charge in [-0.15, -0.1) is 5.10 Å². The molecule has 3 unspecified atom stereocenters. The highest BCUT2D eigenvalue weighted by Gasteiger charge is 2.26. The Morgan fingerprint density at radius 2 is 2.21 bits per heavy atom. The lowest BCUT2D eigenvalue weighted by molar-refractivity contribution is 0.426. The van der Waals surface area contributed by atoms with Gasteiger partial charge in [0.2, 0.25) is 5.89 Å². The fourth-order valence-electron chi connectivity index (χ4n) is 2.49. The van der Waals surface area contributed by atoms with E-state index in [1.165, 1.54) is 25.0 Å². The summed E-state index contributed by atoms with van der Waals surface area (Å²) in [6, 6.07) is 1.15. The van der Waals surface area contributed by atoms with Gasteiger partial charge in [0.1, 0.15) is 0 Å². The van der Waals surface area contributed by atoms with Crippen LogP contribution >= 0.6 is 11.8 Å². The zero-order valence-electron chi connectivity index (χ0n) is 12.0. The van der Waals surface area contributed by atoms with E-state index in [1.807, 2.05) is 6.92 Å². The summed E-state index contributed by atoms with van der Waals surface area (Å²) < 4.78 is 5.65. The van der Waals surface area contributed by atoms with Gasteiger partial charge >= 0.3 is 6.01 Å². The number of anilines is 1. The Bertz CT molecular complexity index is 384. The molecule has 6 heteroatoms. The summed E-state index contributed by atoms with van der Waals surface area (Å²) in [6.07, 6.45) is 3.67. The largest absolute Gasteiger partial charge is 0.406 e. The minimum absolute atomic E-state index is 0.111. The molecule has 3 atom stereocenters. The fraction of sp³-hybridized carbons (Fsp3) is 0.846. The number of rotatable bonds is 7. The second-order valence-electron chi connectivity index (χ2n) is 4.96. The van der Waals surface area contributed by atoms with Gasteiger partial charge in [0.25, 0.3) is 0 Å². The molecule has 5 nitrogen and oxygen atoms in total. The monoisotopic (exact) mass is 284 g/mol. The van der Waals surface area contributed by atoms with E-state index in [0.29, 0.717) is 17.9 Å².